The van der Waals surface area contributed by atoms with E-state index in [1.165, 1.54) is 6.08 Å². The van der Waals surface area contributed by atoms with Crippen molar-refractivity contribution in [1.82, 2.24) is 5.32 Å². The molecule has 0 radical (unpaired) electrons. The topological polar surface area (TPSA) is 29.1 Å². The number of carbonyl (C=O) groups excluding carboxylic acids is 1. The fourth-order valence-electron chi connectivity index (χ4n) is 3.51. The summed E-state index contributed by atoms with van der Waals surface area (Å²) in [6.07, 6.45) is 1.78. The van der Waals surface area contributed by atoms with Gasteiger partial charge in [0.25, 0.3) is 0 Å². The highest BCUT2D eigenvalue weighted by molar-refractivity contribution is 5.91. The number of ketones is 1. The SMILES string of the molecule is C=C1N[C@H]2CCCC(=O)C2(C)C2=C1CC(F)C(F)=C2. The lowest BCUT2D eigenvalue weighted by Crippen LogP contribution is -2.55. The van der Waals surface area contributed by atoms with Crippen LogP contribution in [0.5, 0.6) is 0 Å². The van der Waals surface area contributed by atoms with Gasteiger partial charge in [0, 0.05) is 24.6 Å². The van der Waals surface area contributed by atoms with Crippen LogP contribution in [0.15, 0.2) is 35.3 Å². The average molecular weight is 265 g/mol. The Bertz CT molecular complexity index is 534. The number of alkyl halides is 1. The van der Waals surface area contributed by atoms with E-state index < -0.39 is 17.4 Å². The van der Waals surface area contributed by atoms with Crippen molar-refractivity contribution in [3.8, 4) is 0 Å². The van der Waals surface area contributed by atoms with Crippen molar-refractivity contribution in [1.29, 1.82) is 0 Å². The highest BCUT2D eigenvalue weighted by Gasteiger charge is 2.50. The van der Waals surface area contributed by atoms with Crippen LogP contribution in [0.25, 0.3) is 0 Å². The van der Waals surface area contributed by atoms with Gasteiger partial charge in [0.2, 0.25) is 0 Å². The van der Waals surface area contributed by atoms with E-state index in [1.54, 1.807) is 0 Å². The van der Waals surface area contributed by atoms with Gasteiger partial charge in [-0.25, -0.2) is 8.78 Å². The fraction of sp³-hybridized carbons (Fsp3) is 0.533. The van der Waals surface area contributed by atoms with Crippen LogP contribution in [0.1, 0.15) is 32.6 Å². The Balaban J connectivity index is 2.17. The van der Waals surface area contributed by atoms with E-state index in [0.717, 1.165) is 12.8 Å². The zero-order valence-electron chi connectivity index (χ0n) is 10.9. The Morgan fingerprint density at radius 3 is 3.00 bits per heavy atom. The van der Waals surface area contributed by atoms with E-state index in [0.29, 0.717) is 23.3 Å². The highest BCUT2D eigenvalue weighted by Crippen LogP contribution is 2.49. The van der Waals surface area contributed by atoms with Gasteiger partial charge in [-0.15, -0.1) is 0 Å². The molecule has 0 aromatic carbocycles. The molecule has 0 bridgehead atoms. The van der Waals surface area contributed by atoms with E-state index in [1.807, 2.05) is 6.92 Å². The second-order valence-electron chi connectivity index (χ2n) is 5.79. The smallest absolute Gasteiger partial charge is 0.155 e. The molecule has 1 heterocycles. The number of fused-ring (bicyclic) bond motifs is 2. The third kappa shape index (κ3) is 1.62. The normalized spacial score (nSPS) is 38.4. The highest BCUT2D eigenvalue weighted by atomic mass is 19.2. The van der Waals surface area contributed by atoms with Crippen LogP contribution in [-0.2, 0) is 4.79 Å². The van der Waals surface area contributed by atoms with E-state index >= 15 is 0 Å². The number of nitrogens with one attached hydrogen (secondary N) is 1. The zero-order valence-corrected chi connectivity index (χ0v) is 10.9. The van der Waals surface area contributed by atoms with Crippen molar-refractivity contribution in [3.63, 3.8) is 0 Å². The zero-order chi connectivity index (χ0) is 13.8. The van der Waals surface area contributed by atoms with Crippen molar-refractivity contribution >= 4 is 5.78 Å². The monoisotopic (exact) mass is 265 g/mol. The van der Waals surface area contributed by atoms with Crippen LogP contribution in [0.2, 0.25) is 0 Å². The van der Waals surface area contributed by atoms with Crippen LogP contribution in [0, 0.1) is 5.41 Å². The number of carbonyl (C=O) groups is 1. The minimum Gasteiger partial charge on any atom is -0.381 e. The maximum atomic E-state index is 13.6. The summed E-state index contributed by atoms with van der Waals surface area (Å²) in [6, 6.07) is -0.0554. The van der Waals surface area contributed by atoms with Gasteiger partial charge in [0.15, 0.2) is 6.17 Å². The minimum absolute atomic E-state index is 0.0287. The molecule has 0 aromatic heterocycles. The molecule has 1 fully saturated rings. The van der Waals surface area contributed by atoms with Crippen molar-refractivity contribution < 1.29 is 13.6 Å². The second-order valence-corrected chi connectivity index (χ2v) is 5.79. The number of hydrogen-bond acceptors (Lipinski definition) is 2. The summed E-state index contributed by atoms with van der Waals surface area (Å²) in [5, 5.41) is 3.23. The first-order valence-electron chi connectivity index (χ1n) is 6.68. The average Bonchev–Trinajstić information content (AvgIpc) is 2.36. The van der Waals surface area contributed by atoms with Crippen molar-refractivity contribution in [2.24, 2.45) is 5.41 Å². The van der Waals surface area contributed by atoms with Crippen molar-refractivity contribution in [3.05, 3.63) is 35.3 Å². The summed E-state index contributed by atoms with van der Waals surface area (Å²) in [5.41, 5.74) is 1.20. The van der Waals surface area contributed by atoms with E-state index in [-0.39, 0.29) is 18.2 Å². The van der Waals surface area contributed by atoms with Gasteiger partial charge in [0.05, 0.1) is 5.41 Å². The summed E-state index contributed by atoms with van der Waals surface area (Å²) in [5.74, 6) is -0.663. The first kappa shape index (κ1) is 12.6. The lowest BCUT2D eigenvalue weighted by Gasteiger charge is -2.48. The van der Waals surface area contributed by atoms with Crippen LogP contribution in [-0.4, -0.2) is 18.0 Å². The molecule has 3 atom stereocenters. The Labute approximate surface area is 111 Å². The second kappa shape index (κ2) is 4.02. The van der Waals surface area contributed by atoms with Gasteiger partial charge in [-0.1, -0.05) is 6.58 Å². The number of hydrogen-bond donors (Lipinski definition) is 1. The predicted molar refractivity (Wildman–Crippen MR) is 68.8 cm³/mol. The molecule has 0 spiro atoms. The van der Waals surface area contributed by atoms with E-state index in [2.05, 4.69) is 11.9 Å². The van der Waals surface area contributed by atoms with Gasteiger partial charge < -0.3 is 5.32 Å². The molecule has 4 heteroatoms. The number of Topliss-reactive ketones (excluding diaryl/α,β-unsaturated/α-hetero) is 1. The quantitative estimate of drug-likeness (QED) is 0.729. The van der Waals surface area contributed by atoms with Gasteiger partial charge in [0.1, 0.15) is 11.6 Å². The van der Waals surface area contributed by atoms with Gasteiger partial charge in [-0.3, -0.25) is 4.79 Å². The van der Waals surface area contributed by atoms with Crippen LogP contribution < -0.4 is 5.32 Å². The largest absolute Gasteiger partial charge is 0.381 e. The number of allylic oxidation sites excluding steroid dienone is 3. The van der Waals surface area contributed by atoms with Crippen molar-refractivity contribution in [2.45, 2.75) is 44.8 Å². The first-order chi connectivity index (χ1) is 8.94. The molecular weight excluding hydrogens is 248 g/mol. The Hall–Kier alpha value is -1.45. The van der Waals surface area contributed by atoms with Crippen molar-refractivity contribution in [2.75, 3.05) is 0 Å². The molecule has 1 aliphatic heterocycles. The van der Waals surface area contributed by atoms with Gasteiger partial charge in [-0.2, -0.15) is 0 Å². The van der Waals surface area contributed by atoms with Crippen LogP contribution >= 0.6 is 0 Å². The summed E-state index contributed by atoms with van der Waals surface area (Å²) in [7, 11) is 0. The molecule has 1 saturated carbocycles. The summed E-state index contributed by atoms with van der Waals surface area (Å²) >= 11 is 0. The number of halogens is 2. The number of rotatable bonds is 0. The molecule has 102 valence electrons. The molecule has 2 aliphatic carbocycles. The van der Waals surface area contributed by atoms with Crippen LogP contribution in [0.3, 0.4) is 0 Å². The van der Waals surface area contributed by atoms with Gasteiger partial charge in [-0.05, 0) is 37.0 Å². The molecular formula is C15H17F2NO. The first-order valence-corrected chi connectivity index (χ1v) is 6.68. The lowest BCUT2D eigenvalue weighted by atomic mass is 9.61. The third-order valence-corrected chi connectivity index (χ3v) is 4.73. The van der Waals surface area contributed by atoms with E-state index in [4.69, 9.17) is 0 Å². The standard InChI is InChI=1S/C15H17F2NO/c1-8-9-6-11(16)12(17)7-10(9)15(2)13(18-8)4-3-5-14(15)19/h7,11,13,18H,1,3-6H2,2H3/t11?,13-,15?/m0/s1. The maximum absolute atomic E-state index is 13.6. The van der Waals surface area contributed by atoms with E-state index in [9.17, 15) is 13.6 Å². The fourth-order valence-corrected chi connectivity index (χ4v) is 3.51. The molecule has 3 aliphatic rings. The minimum atomic E-state index is -1.61. The maximum Gasteiger partial charge on any atom is 0.155 e. The third-order valence-electron chi connectivity index (χ3n) is 4.73. The molecule has 0 saturated heterocycles. The molecule has 0 amide bonds. The summed E-state index contributed by atoms with van der Waals surface area (Å²) in [4.78, 5) is 12.4. The molecule has 1 N–H and O–H groups in total. The Kier molecular flexibility index (Phi) is 2.66. The Morgan fingerprint density at radius 1 is 1.53 bits per heavy atom. The summed E-state index contributed by atoms with van der Waals surface area (Å²) < 4.78 is 27.2. The predicted octanol–water partition coefficient (Wildman–Crippen LogP) is 3.12. The van der Waals surface area contributed by atoms with Crippen LogP contribution in [0.4, 0.5) is 8.78 Å². The molecule has 2 unspecified atom stereocenters. The summed E-state index contributed by atoms with van der Waals surface area (Å²) in [6.45, 7) is 5.75. The molecule has 3 rings (SSSR count). The lowest BCUT2D eigenvalue weighted by molar-refractivity contribution is -0.129. The van der Waals surface area contributed by atoms with Gasteiger partial charge >= 0.3 is 0 Å². The Morgan fingerprint density at radius 2 is 2.26 bits per heavy atom. The molecule has 19 heavy (non-hydrogen) atoms. The molecule has 2 nitrogen and oxygen atoms in total. The molecule has 0 aromatic rings.